The molecule has 0 radical (unpaired) electrons. The molecule has 0 amide bonds. The largest absolute Gasteiger partial charge is 0.508 e. The van der Waals surface area contributed by atoms with Crippen LogP contribution in [0, 0.1) is 23.7 Å². The van der Waals surface area contributed by atoms with Gasteiger partial charge < -0.3 is 10.2 Å². The molecule has 1 aromatic rings. The van der Waals surface area contributed by atoms with Gasteiger partial charge in [0.15, 0.2) is 0 Å². The summed E-state index contributed by atoms with van der Waals surface area (Å²) in [6, 6.07) is 6.02. The van der Waals surface area contributed by atoms with Crippen molar-refractivity contribution in [3.05, 3.63) is 29.3 Å². The Morgan fingerprint density at radius 1 is 1.10 bits per heavy atom. The first-order valence-electron chi connectivity index (χ1n) is 8.69. The fourth-order valence-electron chi connectivity index (χ4n) is 5.83. The summed E-state index contributed by atoms with van der Waals surface area (Å²) in [6.45, 7) is 2.31. The van der Waals surface area contributed by atoms with Crippen LogP contribution in [0.3, 0.4) is 0 Å². The van der Waals surface area contributed by atoms with Crippen LogP contribution in [0.4, 0.5) is 0 Å². The highest BCUT2D eigenvalue weighted by molar-refractivity contribution is 5.40. The molecule has 3 aliphatic carbocycles. The molecule has 2 fully saturated rings. The van der Waals surface area contributed by atoms with E-state index in [0.29, 0.717) is 17.6 Å². The van der Waals surface area contributed by atoms with Gasteiger partial charge in [-0.3, -0.25) is 0 Å². The monoisotopic (exact) mass is 286 g/mol. The highest BCUT2D eigenvalue weighted by Crippen LogP contribution is 2.57. The minimum atomic E-state index is -0.0466. The second-order valence-electron chi connectivity index (χ2n) is 7.49. The molecule has 2 N–H and O–H groups in total. The van der Waals surface area contributed by atoms with Crippen LogP contribution in [0.2, 0.25) is 0 Å². The molecule has 6 atom stereocenters. The average molecular weight is 286 g/mol. The Kier molecular flexibility index (Phi) is 3.25. The van der Waals surface area contributed by atoms with Crippen LogP contribution in [0.15, 0.2) is 18.2 Å². The number of phenols is 1. The number of aliphatic hydroxyl groups excluding tert-OH is 1. The highest BCUT2D eigenvalue weighted by atomic mass is 16.3. The van der Waals surface area contributed by atoms with Gasteiger partial charge in [-0.1, -0.05) is 19.4 Å². The molecule has 0 spiro atoms. The maximum Gasteiger partial charge on any atom is 0.115 e. The second-order valence-corrected chi connectivity index (χ2v) is 7.49. The fourth-order valence-corrected chi connectivity index (χ4v) is 5.83. The molecule has 0 aliphatic heterocycles. The van der Waals surface area contributed by atoms with Crippen LogP contribution in [0.5, 0.6) is 5.75 Å². The molecule has 21 heavy (non-hydrogen) atoms. The van der Waals surface area contributed by atoms with Gasteiger partial charge in [0.25, 0.3) is 0 Å². The first-order chi connectivity index (χ1) is 10.2. The van der Waals surface area contributed by atoms with Crippen molar-refractivity contribution in [2.45, 2.75) is 57.5 Å². The molecule has 0 saturated heterocycles. The molecule has 3 aliphatic rings. The zero-order chi connectivity index (χ0) is 14.6. The zero-order valence-electron chi connectivity index (χ0n) is 12.8. The lowest BCUT2D eigenvalue weighted by molar-refractivity contribution is 0.0330. The van der Waals surface area contributed by atoms with Gasteiger partial charge in [-0.05, 0) is 85.0 Å². The van der Waals surface area contributed by atoms with E-state index in [1.54, 1.807) is 0 Å². The van der Waals surface area contributed by atoms with E-state index in [-0.39, 0.29) is 6.10 Å². The van der Waals surface area contributed by atoms with Gasteiger partial charge in [0.1, 0.15) is 5.75 Å². The number of hydrogen-bond acceptors (Lipinski definition) is 2. The van der Waals surface area contributed by atoms with Crippen molar-refractivity contribution >= 4 is 0 Å². The molecule has 114 valence electrons. The van der Waals surface area contributed by atoms with Crippen LogP contribution in [0.1, 0.15) is 56.1 Å². The third-order valence-electron chi connectivity index (χ3n) is 6.69. The van der Waals surface area contributed by atoms with E-state index in [0.717, 1.165) is 30.6 Å². The Balaban J connectivity index is 1.74. The minimum Gasteiger partial charge on any atom is -0.508 e. The van der Waals surface area contributed by atoms with E-state index < -0.39 is 0 Å². The molecule has 1 aromatic carbocycles. The summed E-state index contributed by atoms with van der Waals surface area (Å²) in [7, 11) is 0. The van der Waals surface area contributed by atoms with Gasteiger partial charge in [-0.15, -0.1) is 0 Å². The van der Waals surface area contributed by atoms with Crippen LogP contribution in [-0.2, 0) is 6.42 Å². The predicted octanol–water partition coefficient (Wildman–Crippen LogP) is 3.86. The van der Waals surface area contributed by atoms with Gasteiger partial charge in [-0.25, -0.2) is 0 Å². The maximum absolute atomic E-state index is 10.3. The van der Waals surface area contributed by atoms with Crippen molar-refractivity contribution in [1.29, 1.82) is 0 Å². The number of rotatable bonds is 1. The average Bonchev–Trinajstić information content (AvgIpc) is 2.87. The van der Waals surface area contributed by atoms with Crippen molar-refractivity contribution in [3.8, 4) is 5.75 Å². The first kappa shape index (κ1) is 13.6. The molecule has 0 aromatic heterocycles. The van der Waals surface area contributed by atoms with Gasteiger partial charge in [-0.2, -0.15) is 0 Å². The topological polar surface area (TPSA) is 40.5 Å². The summed E-state index contributed by atoms with van der Waals surface area (Å²) >= 11 is 0. The quantitative estimate of drug-likeness (QED) is 0.823. The summed E-state index contributed by atoms with van der Waals surface area (Å²) in [5.74, 6) is 3.83. The highest BCUT2D eigenvalue weighted by Gasteiger charge is 2.50. The number of hydrogen-bond donors (Lipinski definition) is 2. The standard InChI is InChI=1S/C19H26O2/c1-2-11-9-12-10-13(20)3-4-14(12)16-6-5-15-17(19(11)16)7-8-18(15)21/h3-4,10-11,15-21H,2,5-9H2,1H3/t11-,15-,16+,17+,18+,19+/m0/s1. The number of benzene rings is 1. The third-order valence-corrected chi connectivity index (χ3v) is 6.69. The van der Waals surface area contributed by atoms with Crippen LogP contribution in [-0.4, -0.2) is 16.3 Å². The molecular weight excluding hydrogens is 260 g/mol. The lowest BCUT2D eigenvalue weighted by Crippen LogP contribution is -2.41. The fraction of sp³-hybridized carbons (Fsp3) is 0.684. The smallest absolute Gasteiger partial charge is 0.115 e. The Hall–Kier alpha value is -1.02. The lowest BCUT2D eigenvalue weighted by atomic mass is 9.56. The van der Waals surface area contributed by atoms with Gasteiger partial charge in [0.05, 0.1) is 6.10 Å². The van der Waals surface area contributed by atoms with E-state index in [2.05, 4.69) is 13.0 Å². The summed E-state index contributed by atoms with van der Waals surface area (Å²) < 4.78 is 0. The molecule has 2 nitrogen and oxygen atoms in total. The van der Waals surface area contributed by atoms with Crippen molar-refractivity contribution < 1.29 is 10.2 Å². The second kappa shape index (κ2) is 5.01. The van der Waals surface area contributed by atoms with Crippen molar-refractivity contribution in [1.82, 2.24) is 0 Å². The lowest BCUT2D eigenvalue weighted by Gasteiger charge is -2.48. The third kappa shape index (κ3) is 2.03. The van der Waals surface area contributed by atoms with Crippen LogP contribution >= 0.6 is 0 Å². The Morgan fingerprint density at radius 2 is 1.90 bits per heavy atom. The summed E-state index contributed by atoms with van der Waals surface area (Å²) in [5, 5.41) is 20.1. The summed E-state index contributed by atoms with van der Waals surface area (Å²) in [5.41, 5.74) is 2.86. The maximum atomic E-state index is 10.3. The zero-order valence-corrected chi connectivity index (χ0v) is 12.8. The van der Waals surface area contributed by atoms with Crippen molar-refractivity contribution in [2.75, 3.05) is 0 Å². The summed E-state index contributed by atoms with van der Waals surface area (Å²) in [4.78, 5) is 0. The number of phenolic OH excluding ortho intramolecular Hbond substituents is 1. The van der Waals surface area contributed by atoms with Gasteiger partial charge >= 0.3 is 0 Å². The van der Waals surface area contributed by atoms with E-state index >= 15 is 0 Å². The number of aromatic hydroxyl groups is 1. The Labute approximate surface area is 127 Å². The van der Waals surface area contributed by atoms with Crippen LogP contribution < -0.4 is 0 Å². The first-order valence-corrected chi connectivity index (χ1v) is 8.69. The van der Waals surface area contributed by atoms with E-state index in [1.165, 1.54) is 36.8 Å². The predicted molar refractivity (Wildman–Crippen MR) is 83.3 cm³/mol. The molecular formula is C19H26O2. The molecule has 0 bridgehead atoms. The van der Waals surface area contributed by atoms with Crippen molar-refractivity contribution in [3.63, 3.8) is 0 Å². The molecule has 4 rings (SSSR count). The SMILES string of the molecule is CC[C@H]1Cc2cc(O)ccc2[C@H]2CC[C@H]3[C@@H](CC[C@H]3O)[C@H]12. The molecule has 2 saturated carbocycles. The molecule has 0 heterocycles. The van der Waals surface area contributed by atoms with Crippen molar-refractivity contribution in [2.24, 2.45) is 23.7 Å². The van der Waals surface area contributed by atoms with E-state index in [1.807, 2.05) is 12.1 Å². The molecule has 2 heteroatoms. The normalized spacial score (nSPS) is 41.2. The van der Waals surface area contributed by atoms with Gasteiger partial charge in [0, 0.05) is 0 Å². The van der Waals surface area contributed by atoms with Gasteiger partial charge in [0.2, 0.25) is 0 Å². The number of fused-ring (bicyclic) bond motifs is 5. The minimum absolute atomic E-state index is 0.0466. The Morgan fingerprint density at radius 3 is 2.71 bits per heavy atom. The van der Waals surface area contributed by atoms with E-state index in [9.17, 15) is 10.2 Å². The summed E-state index contributed by atoms with van der Waals surface area (Å²) in [6.07, 6.45) is 6.92. The number of aliphatic hydroxyl groups is 1. The van der Waals surface area contributed by atoms with E-state index in [4.69, 9.17) is 0 Å². The van der Waals surface area contributed by atoms with Crippen LogP contribution in [0.25, 0.3) is 0 Å². The Bertz CT molecular complexity index is 538. The molecule has 0 unspecified atom stereocenters.